The Morgan fingerprint density at radius 1 is 1.05 bits per heavy atom. The maximum absolute atomic E-state index is 12.5. The molecule has 112 valence electrons. The topological polar surface area (TPSA) is 44.2 Å². The number of ether oxygens (including phenoxy) is 2. The number of hydrogen-bond acceptors (Lipinski definition) is 4. The first-order valence-corrected chi connectivity index (χ1v) is 7.01. The summed E-state index contributed by atoms with van der Waals surface area (Å²) in [7, 11) is 0. The molecule has 21 heavy (non-hydrogen) atoms. The highest BCUT2D eigenvalue weighted by Crippen LogP contribution is 2.17. The second-order valence-electron chi connectivity index (χ2n) is 4.47. The van der Waals surface area contributed by atoms with Gasteiger partial charge >= 0.3 is 0 Å². The van der Waals surface area contributed by atoms with Crippen molar-refractivity contribution >= 4 is 0 Å². The van der Waals surface area contributed by atoms with Gasteiger partial charge in [-0.15, -0.1) is 0 Å². The van der Waals surface area contributed by atoms with Crippen LogP contribution in [0.2, 0.25) is 0 Å². The van der Waals surface area contributed by atoms with Gasteiger partial charge in [-0.05, 0) is 12.5 Å². The maximum Gasteiger partial charge on any atom is 0.159 e. The van der Waals surface area contributed by atoms with Gasteiger partial charge in [0.2, 0.25) is 0 Å². The summed E-state index contributed by atoms with van der Waals surface area (Å²) >= 11 is 0. The Morgan fingerprint density at radius 2 is 1.76 bits per heavy atom. The van der Waals surface area contributed by atoms with E-state index in [0.29, 0.717) is 30.4 Å². The standard InChI is InChI=1S/C16H19FN2O2/c1-2-20-8-3-9-21-15-11-18-16(19-12-15)14-6-4-13(10-17)5-7-14/h4-7,11-12H,2-3,8-10H2,1H3. The summed E-state index contributed by atoms with van der Waals surface area (Å²) in [5.41, 5.74) is 1.50. The van der Waals surface area contributed by atoms with Crippen molar-refractivity contribution in [3.63, 3.8) is 0 Å². The molecule has 0 aliphatic carbocycles. The summed E-state index contributed by atoms with van der Waals surface area (Å²) in [6, 6.07) is 7.09. The zero-order valence-corrected chi connectivity index (χ0v) is 12.1. The quantitative estimate of drug-likeness (QED) is 0.699. The van der Waals surface area contributed by atoms with Gasteiger partial charge in [-0.25, -0.2) is 14.4 Å². The van der Waals surface area contributed by atoms with Gasteiger partial charge in [0.25, 0.3) is 0 Å². The van der Waals surface area contributed by atoms with Gasteiger partial charge in [0.15, 0.2) is 11.6 Å². The Morgan fingerprint density at radius 3 is 2.38 bits per heavy atom. The zero-order chi connectivity index (χ0) is 14.9. The van der Waals surface area contributed by atoms with E-state index in [0.717, 1.165) is 18.6 Å². The lowest BCUT2D eigenvalue weighted by molar-refractivity contribution is 0.130. The van der Waals surface area contributed by atoms with E-state index in [4.69, 9.17) is 9.47 Å². The Bertz CT molecular complexity index is 529. The summed E-state index contributed by atoms with van der Waals surface area (Å²) in [5, 5.41) is 0. The van der Waals surface area contributed by atoms with E-state index in [1.165, 1.54) is 0 Å². The first-order valence-electron chi connectivity index (χ1n) is 7.01. The molecule has 1 aromatic heterocycles. The minimum absolute atomic E-state index is 0.463. The number of benzene rings is 1. The molecule has 0 amide bonds. The van der Waals surface area contributed by atoms with Gasteiger partial charge in [0.1, 0.15) is 6.67 Å². The third-order valence-corrected chi connectivity index (χ3v) is 2.90. The van der Waals surface area contributed by atoms with Gasteiger partial charge in [0.05, 0.1) is 19.0 Å². The molecule has 1 heterocycles. The Labute approximate surface area is 124 Å². The lowest BCUT2D eigenvalue weighted by atomic mass is 10.1. The predicted octanol–water partition coefficient (Wildman–Crippen LogP) is 3.42. The molecular formula is C16H19FN2O2. The minimum atomic E-state index is -0.463. The van der Waals surface area contributed by atoms with Crippen LogP contribution in [0.5, 0.6) is 5.75 Å². The SMILES string of the molecule is CCOCCCOc1cnc(-c2ccc(CF)cc2)nc1. The van der Waals surface area contributed by atoms with E-state index in [1.807, 2.05) is 19.1 Å². The number of halogens is 1. The van der Waals surface area contributed by atoms with E-state index in [1.54, 1.807) is 24.5 Å². The van der Waals surface area contributed by atoms with E-state index < -0.39 is 6.67 Å². The third-order valence-electron chi connectivity index (χ3n) is 2.90. The van der Waals surface area contributed by atoms with Crippen molar-refractivity contribution in [3.05, 3.63) is 42.2 Å². The number of alkyl halides is 1. The highest BCUT2D eigenvalue weighted by molar-refractivity contribution is 5.55. The second-order valence-corrected chi connectivity index (χ2v) is 4.47. The number of nitrogens with zero attached hydrogens (tertiary/aromatic N) is 2. The Hall–Kier alpha value is -2.01. The van der Waals surface area contributed by atoms with E-state index in [9.17, 15) is 4.39 Å². The molecular weight excluding hydrogens is 271 g/mol. The summed E-state index contributed by atoms with van der Waals surface area (Å²) in [6.45, 7) is 3.49. The van der Waals surface area contributed by atoms with Crippen molar-refractivity contribution in [2.24, 2.45) is 0 Å². The summed E-state index contributed by atoms with van der Waals surface area (Å²) in [4.78, 5) is 8.52. The summed E-state index contributed by atoms with van der Waals surface area (Å²) in [5.74, 6) is 1.23. The van der Waals surface area contributed by atoms with Crippen LogP contribution in [-0.2, 0) is 11.4 Å². The highest BCUT2D eigenvalue weighted by atomic mass is 19.1. The first-order chi connectivity index (χ1) is 10.3. The van der Waals surface area contributed by atoms with Gasteiger partial charge in [0, 0.05) is 25.2 Å². The van der Waals surface area contributed by atoms with Crippen molar-refractivity contribution in [1.82, 2.24) is 9.97 Å². The van der Waals surface area contributed by atoms with Crippen LogP contribution in [0.4, 0.5) is 4.39 Å². The monoisotopic (exact) mass is 290 g/mol. The van der Waals surface area contributed by atoms with Crippen molar-refractivity contribution in [1.29, 1.82) is 0 Å². The van der Waals surface area contributed by atoms with Crippen molar-refractivity contribution in [2.75, 3.05) is 19.8 Å². The van der Waals surface area contributed by atoms with Crippen molar-refractivity contribution in [2.45, 2.75) is 20.0 Å². The Balaban J connectivity index is 1.88. The van der Waals surface area contributed by atoms with Crippen LogP contribution < -0.4 is 4.74 Å². The molecule has 2 aromatic rings. The average molecular weight is 290 g/mol. The molecule has 2 rings (SSSR count). The molecule has 0 aliphatic rings. The molecule has 0 radical (unpaired) electrons. The van der Waals surface area contributed by atoms with Crippen LogP contribution in [0.3, 0.4) is 0 Å². The normalized spacial score (nSPS) is 10.6. The van der Waals surface area contributed by atoms with E-state index in [2.05, 4.69) is 9.97 Å². The molecule has 0 saturated heterocycles. The number of hydrogen-bond donors (Lipinski definition) is 0. The molecule has 0 bridgehead atoms. The molecule has 0 unspecified atom stereocenters. The number of aromatic nitrogens is 2. The minimum Gasteiger partial charge on any atom is -0.490 e. The molecule has 0 atom stereocenters. The largest absolute Gasteiger partial charge is 0.490 e. The van der Waals surface area contributed by atoms with E-state index in [-0.39, 0.29) is 0 Å². The molecule has 5 heteroatoms. The highest BCUT2D eigenvalue weighted by Gasteiger charge is 2.02. The molecule has 0 spiro atoms. The van der Waals surface area contributed by atoms with Gasteiger partial charge in [-0.3, -0.25) is 0 Å². The molecule has 4 nitrogen and oxygen atoms in total. The predicted molar refractivity (Wildman–Crippen MR) is 78.9 cm³/mol. The van der Waals surface area contributed by atoms with Crippen LogP contribution in [0.15, 0.2) is 36.7 Å². The van der Waals surface area contributed by atoms with Crippen molar-refractivity contribution in [3.8, 4) is 17.1 Å². The maximum atomic E-state index is 12.5. The van der Waals surface area contributed by atoms with Gasteiger partial charge in [-0.1, -0.05) is 24.3 Å². The fourth-order valence-corrected chi connectivity index (χ4v) is 1.78. The third kappa shape index (κ3) is 4.79. The average Bonchev–Trinajstić information content (AvgIpc) is 2.55. The fourth-order valence-electron chi connectivity index (χ4n) is 1.78. The van der Waals surface area contributed by atoms with Crippen LogP contribution >= 0.6 is 0 Å². The van der Waals surface area contributed by atoms with Crippen LogP contribution in [0, 0.1) is 0 Å². The second kappa shape index (κ2) is 8.32. The van der Waals surface area contributed by atoms with Crippen LogP contribution in [0.1, 0.15) is 18.9 Å². The molecule has 0 saturated carbocycles. The first kappa shape index (κ1) is 15.4. The number of rotatable bonds is 8. The molecule has 0 aliphatic heterocycles. The van der Waals surface area contributed by atoms with E-state index >= 15 is 0 Å². The molecule has 0 N–H and O–H groups in total. The van der Waals surface area contributed by atoms with Crippen LogP contribution in [0.25, 0.3) is 11.4 Å². The Kier molecular flexibility index (Phi) is 6.09. The van der Waals surface area contributed by atoms with Gasteiger partial charge < -0.3 is 9.47 Å². The lowest BCUT2D eigenvalue weighted by Gasteiger charge is -2.06. The zero-order valence-electron chi connectivity index (χ0n) is 12.1. The summed E-state index contributed by atoms with van der Waals surface area (Å²) < 4.78 is 23.2. The van der Waals surface area contributed by atoms with Gasteiger partial charge in [-0.2, -0.15) is 0 Å². The summed E-state index contributed by atoms with van der Waals surface area (Å²) in [6.07, 6.45) is 4.12. The van der Waals surface area contributed by atoms with Crippen LogP contribution in [-0.4, -0.2) is 29.8 Å². The molecule has 0 fully saturated rings. The lowest BCUT2D eigenvalue weighted by Crippen LogP contribution is -2.03. The smallest absolute Gasteiger partial charge is 0.159 e. The molecule has 1 aromatic carbocycles. The fraction of sp³-hybridized carbons (Fsp3) is 0.375. The van der Waals surface area contributed by atoms with Crippen molar-refractivity contribution < 1.29 is 13.9 Å².